The largest absolute Gasteiger partial charge is 0.358 e. The van der Waals surface area contributed by atoms with E-state index in [2.05, 4.69) is 0 Å². The van der Waals surface area contributed by atoms with E-state index in [-0.39, 0.29) is 10.5 Å². The fourth-order valence-electron chi connectivity index (χ4n) is 1.01. The van der Waals surface area contributed by atoms with E-state index < -0.39 is 15.7 Å². The first-order valence-corrected chi connectivity index (χ1v) is 5.82. The molecular weight excluding hydrogens is 207 g/mol. The Morgan fingerprint density at radius 2 is 1.71 bits per heavy atom. The SMILES string of the molecule is CC(O)(F)c1ccc(S(C)(=O)=O)cc1. The lowest BCUT2D eigenvalue weighted by Crippen LogP contribution is -2.13. The third-order valence-electron chi connectivity index (χ3n) is 1.81. The molecule has 0 heterocycles. The minimum absolute atomic E-state index is 0.0323. The van der Waals surface area contributed by atoms with Gasteiger partial charge in [-0.25, -0.2) is 12.8 Å². The summed E-state index contributed by atoms with van der Waals surface area (Å²) in [6.45, 7) is 0.989. The molecule has 1 aromatic rings. The van der Waals surface area contributed by atoms with Crippen LogP contribution in [0.4, 0.5) is 4.39 Å². The molecule has 0 fully saturated rings. The number of alkyl halides is 1. The minimum atomic E-state index is -3.27. The quantitative estimate of drug-likeness (QED) is 0.812. The molecule has 14 heavy (non-hydrogen) atoms. The van der Waals surface area contributed by atoms with Crippen LogP contribution >= 0.6 is 0 Å². The van der Waals surface area contributed by atoms with Gasteiger partial charge in [0.25, 0.3) is 0 Å². The number of rotatable bonds is 2. The summed E-state index contributed by atoms with van der Waals surface area (Å²) in [7, 11) is -3.27. The summed E-state index contributed by atoms with van der Waals surface area (Å²) in [5, 5.41) is 8.97. The number of sulfone groups is 1. The van der Waals surface area contributed by atoms with Crippen LogP contribution in [0.25, 0.3) is 0 Å². The molecule has 3 nitrogen and oxygen atoms in total. The Morgan fingerprint density at radius 3 is 2.00 bits per heavy atom. The molecule has 0 aliphatic carbocycles. The standard InChI is InChI=1S/C9H11FO3S/c1-9(10,11)7-3-5-8(6-4-7)14(2,12)13/h3-6,11H,1-2H3. The van der Waals surface area contributed by atoms with E-state index in [4.69, 9.17) is 5.11 Å². The predicted octanol–water partition coefficient (Wildman–Crippen LogP) is 1.22. The molecule has 0 spiro atoms. The average molecular weight is 218 g/mol. The molecule has 5 heteroatoms. The van der Waals surface area contributed by atoms with Gasteiger partial charge in [-0.2, -0.15) is 0 Å². The van der Waals surface area contributed by atoms with Crippen molar-refractivity contribution >= 4 is 9.84 Å². The summed E-state index contributed by atoms with van der Waals surface area (Å²) in [5.74, 6) is -2.43. The summed E-state index contributed by atoms with van der Waals surface area (Å²) >= 11 is 0. The lowest BCUT2D eigenvalue weighted by atomic mass is 10.1. The number of benzene rings is 1. The van der Waals surface area contributed by atoms with Crippen LogP contribution in [0.5, 0.6) is 0 Å². The van der Waals surface area contributed by atoms with Crippen LogP contribution in [-0.4, -0.2) is 19.8 Å². The second-order valence-electron chi connectivity index (χ2n) is 3.25. The van der Waals surface area contributed by atoms with Crippen molar-refractivity contribution in [1.29, 1.82) is 0 Å². The maximum Gasteiger partial charge on any atom is 0.230 e. The van der Waals surface area contributed by atoms with E-state index >= 15 is 0 Å². The topological polar surface area (TPSA) is 54.4 Å². The molecule has 1 atom stereocenters. The van der Waals surface area contributed by atoms with Gasteiger partial charge in [-0.05, 0) is 19.1 Å². The molecule has 0 saturated heterocycles. The van der Waals surface area contributed by atoms with Crippen LogP contribution in [0.1, 0.15) is 12.5 Å². The van der Waals surface area contributed by atoms with Gasteiger partial charge in [0.2, 0.25) is 5.85 Å². The van der Waals surface area contributed by atoms with E-state index in [0.717, 1.165) is 13.2 Å². The van der Waals surface area contributed by atoms with Crippen molar-refractivity contribution in [3.8, 4) is 0 Å². The van der Waals surface area contributed by atoms with Gasteiger partial charge >= 0.3 is 0 Å². The maximum atomic E-state index is 13.0. The van der Waals surface area contributed by atoms with Crippen molar-refractivity contribution in [3.05, 3.63) is 29.8 Å². The Labute approximate surface area is 82.1 Å². The molecule has 1 N–H and O–H groups in total. The van der Waals surface area contributed by atoms with Gasteiger partial charge in [0.15, 0.2) is 9.84 Å². The molecular formula is C9H11FO3S. The van der Waals surface area contributed by atoms with Crippen LogP contribution in [-0.2, 0) is 15.7 Å². The van der Waals surface area contributed by atoms with Crippen molar-refractivity contribution in [2.75, 3.05) is 6.26 Å². The molecule has 0 aliphatic heterocycles. The van der Waals surface area contributed by atoms with Gasteiger partial charge in [-0.1, -0.05) is 12.1 Å². The van der Waals surface area contributed by atoms with Gasteiger partial charge in [0.1, 0.15) is 0 Å². The summed E-state index contributed by atoms with van der Waals surface area (Å²) in [6.07, 6.45) is 1.07. The molecule has 1 aromatic carbocycles. The van der Waals surface area contributed by atoms with Gasteiger partial charge in [0, 0.05) is 11.8 Å². The molecule has 0 amide bonds. The normalized spacial score (nSPS) is 16.3. The average Bonchev–Trinajstić information content (AvgIpc) is 2.01. The highest BCUT2D eigenvalue weighted by atomic mass is 32.2. The first-order valence-electron chi connectivity index (χ1n) is 3.93. The molecule has 78 valence electrons. The lowest BCUT2D eigenvalue weighted by Gasteiger charge is -2.13. The third-order valence-corrected chi connectivity index (χ3v) is 2.94. The van der Waals surface area contributed by atoms with E-state index in [1.165, 1.54) is 24.3 Å². The summed E-state index contributed by atoms with van der Waals surface area (Å²) in [4.78, 5) is 0.102. The van der Waals surface area contributed by atoms with Crippen molar-refractivity contribution in [3.63, 3.8) is 0 Å². The molecule has 0 bridgehead atoms. The number of halogens is 1. The van der Waals surface area contributed by atoms with Crippen molar-refractivity contribution in [2.24, 2.45) is 0 Å². The van der Waals surface area contributed by atoms with Crippen LogP contribution in [0.15, 0.2) is 29.2 Å². The molecule has 0 aromatic heterocycles. The zero-order valence-corrected chi connectivity index (χ0v) is 8.68. The Hall–Kier alpha value is -0.940. The summed E-state index contributed by atoms with van der Waals surface area (Å²) in [6, 6.07) is 5.02. The second-order valence-corrected chi connectivity index (χ2v) is 5.27. The molecule has 1 rings (SSSR count). The highest BCUT2D eigenvalue weighted by molar-refractivity contribution is 7.90. The van der Waals surface area contributed by atoms with Crippen LogP contribution in [0.2, 0.25) is 0 Å². The monoisotopic (exact) mass is 218 g/mol. The molecule has 0 saturated carbocycles. The van der Waals surface area contributed by atoms with Gasteiger partial charge in [0.05, 0.1) is 4.90 Å². The Kier molecular flexibility index (Phi) is 2.65. The van der Waals surface area contributed by atoms with Gasteiger partial charge in [-0.3, -0.25) is 0 Å². The first-order chi connectivity index (χ1) is 6.21. The molecule has 0 radical (unpaired) electrons. The fraction of sp³-hybridized carbons (Fsp3) is 0.333. The molecule has 1 unspecified atom stereocenters. The smallest absolute Gasteiger partial charge is 0.230 e. The lowest BCUT2D eigenvalue weighted by molar-refractivity contribution is -0.0769. The Morgan fingerprint density at radius 1 is 1.29 bits per heavy atom. The van der Waals surface area contributed by atoms with Crippen LogP contribution in [0, 0.1) is 0 Å². The maximum absolute atomic E-state index is 13.0. The fourth-order valence-corrected chi connectivity index (χ4v) is 1.64. The van der Waals surface area contributed by atoms with Crippen molar-refractivity contribution in [2.45, 2.75) is 17.7 Å². The van der Waals surface area contributed by atoms with E-state index in [0.29, 0.717) is 0 Å². The van der Waals surface area contributed by atoms with Gasteiger partial charge < -0.3 is 5.11 Å². The minimum Gasteiger partial charge on any atom is -0.358 e. The first kappa shape index (κ1) is 11.1. The van der Waals surface area contributed by atoms with E-state index in [9.17, 15) is 12.8 Å². The number of hydrogen-bond donors (Lipinski definition) is 1. The van der Waals surface area contributed by atoms with Gasteiger partial charge in [-0.15, -0.1) is 0 Å². The number of aliphatic hydroxyl groups is 1. The highest BCUT2D eigenvalue weighted by Gasteiger charge is 2.21. The Bertz CT molecular complexity index is 414. The predicted molar refractivity (Wildman–Crippen MR) is 50.2 cm³/mol. The zero-order valence-electron chi connectivity index (χ0n) is 7.86. The Balaban J connectivity index is 3.14. The molecule has 0 aliphatic rings. The summed E-state index contributed by atoms with van der Waals surface area (Å²) in [5.41, 5.74) is 0.0323. The van der Waals surface area contributed by atoms with E-state index in [1.54, 1.807) is 0 Å². The van der Waals surface area contributed by atoms with Crippen molar-refractivity contribution in [1.82, 2.24) is 0 Å². The van der Waals surface area contributed by atoms with Crippen LogP contribution < -0.4 is 0 Å². The summed E-state index contributed by atoms with van der Waals surface area (Å²) < 4.78 is 35.0. The van der Waals surface area contributed by atoms with E-state index in [1.807, 2.05) is 0 Å². The van der Waals surface area contributed by atoms with Crippen molar-refractivity contribution < 1.29 is 17.9 Å². The third kappa shape index (κ3) is 2.52. The second kappa shape index (κ2) is 3.33. The van der Waals surface area contributed by atoms with Crippen LogP contribution in [0.3, 0.4) is 0 Å². The number of hydrogen-bond acceptors (Lipinski definition) is 3. The highest BCUT2D eigenvalue weighted by Crippen LogP contribution is 2.22. The zero-order chi connectivity index (χ0) is 11.0.